The number of hydrogen-bond acceptors (Lipinski definition) is 3. The van der Waals surface area contributed by atoms with Crippen LogP contribution in [0.4, 0.5) is 4.39 Å². The summed E-state index contributed by atoms with van der Waals surface area (Å²) in [4.78, 5) is 11.7. The fourth-order valence-electron chi connectivity index (χ4n) is 4.35. The van der Waals surface area contributed by atoms with E-state index in [4.69, 9.17) is 4.74 Å². The zero-order valence-electron chi connectivity index (χ0n) is 17.9. The Hall–Kier alpha value is -2.92. The monoisotopic (exact) mass is 421 g/mol. The highest BCUT2D eigenvalue weighted by molar-refractivity contribution is 5.73. The first kappa shape index (κ1) is 21.3. The molecule has 1 aliphatic heterocycles. The molecule has 0 bridgehead atoms. The molecule has 2 atom stereocenters. The van der Waals surface area contributed by atoms with Gasteiger partial charge in [-0.3, -0.25) is 4.79 Å². The largest absolute Gasteiger partial charge is 0.462 e. The number of esters is 1. The number of aliphatic hydroxyl groups is 1. The lowest BCUT2D eigenvalue weighted by Gasteiger charge is -2.27. The molecule has 2 aromatic carbocycles. The Balaban J connectivity index is 1.68. The molecule has 1 N–H and O–H groups in total. The highest BCUT2D eigenvalue weighted by Crippen LogP contribution is 2.34. The summed E-state index contributed by atoms with van der Waals surface area (Å²) in [7, 11) is 0. The summed E-state index contributed by atoms with van der Waals surface area (Å²) in [6.45, 7) is 4.79. The first-order valence-corrected chi connectivity index (χ1v) is 10.8. The molecule has 0 unspecified atom stereocenters. The van der Waals surface area contributed by atoms with Crippen molar-refractivity contribution in [1.29, 1.82) is 0 Å². The number of benzene rings is 2. The molecule has 1 fully saturated rings. The van der Waals surface area contributed by atoms with Gasteiger partial charge in [-0.15, -0.1) is 0 Å². The lowest BCUT2D eigenvalue weighted by Crippen LogP contribution is -2.33. The van der Waals surface area contributed by atoms with E-state index in [9.17, 15) is 9.90 Å². The first-order valence-electron chi connectivity index (χ1n) is 10.8. The number of ether oxygens (including phenoxy) is 1. The van der Waals surface area contributed by atoms with Crippen LogP contribution < -0.4 is 0 Å². The number of carbonyl (C=O) groups is 1. The fraction of sp³-hybridized carbons (Fsp3) is 0.346. The maximum absolute atomic E-state index is 15.6. The van der Waals surface area contributed by atoms with Crippen LogP contribution in [0.2, 0.25) is 0 Å². The third-order valence-corrected chi connectivity index (χ3v) is 5.88. The molecule has 0 aliphatic carbocycles. The zero-order chi connectivity index (χ0) is 22.0. The molecule has 162 valence electrons. The van der Waals surface area contributed by atoms with Crippen LogP contribution in [-0.4, -0.2) is 27.9 Å². The molecule has 1 aromatic heterocycles. The molecule has 4 rings (SSSR count). The summed E-state index contributed by atoms with van der Waals surface area (Å²) in [5.41, 5.74) is 3.87. The van der Waals surface area contributed by atoms with Gasteiger partial charge in [0.15, 0.2) is 0 Å². The molecule has 0 radical (unpaired) electrons. The van der Waals surface area contributed by atoms with Crippen LogP contribution in [0.15, 0.2) is 60.7 Å². The van der Waals surface area contributed by atoms with E-state index >= 15 is 4.39 Å². The van der Waals surface area contributed by atoms with Crippen molar-refractivity contribution in [3.05, 3.63) is 72.2 Å². The van der Waals surface area contributed by atoms with Gasteiger partial charge in [0.1, 0.15) is 11.9 Å². The first-order chi connectivity index (χ1) is 14.9. The van der Waals surface area contributed by atoms with Crippen LogP contribution in [0.25, 0.3) is 22.4 Å². The highest BCUT2D eigenvalue weighted by Gasteiger charge is 2.27. The van der Waals surface area contributed by atoms with Crippen LogP contribution in [0.5, 0.6) is 0 Å². The summed E-state index contributed by atoms with van der Waals surface area (Å²) in [6.07, 6.45) is 0.0912. The topological polar surface area (TPSA) is 51.5 Å². The Morgan fingerprint density at radius 1 is 1.06 bits per heavy atom. The van der Waals surface area contributed by atoms with E-state index in [0.717, 1.165) is 17.0 Å². The van der Waals surface area contributed by atoms with E-state index in [0.29, 0.717) is 30.5 Å². The summed E-state index contributed by atoms with van der Waals surface area (Å²) in [5.74, 6) is -0.348. The Labute approximate surface area is 182 Å². The van der Waals surface area contributed by atoms with Gasteiger partial charge in [0.05, 0.1) is 18.2 Å². The van der Waals surface area contributed by atoms with Crippen LogP contribution >= 0.6 is 0 Å². The standard InChI is InChI=1S/C26H28FNO3/c1-17(2)23-11-12-24(28(23)14-13-20-15-19(29)16-25(30)31-20)22-10-6-9-21(26(22)27)18-7-4-3-5-8-18/h3-12,17,19-20,29H,13-16H2,1-2H3/t19-,20-/m1/s1. The van der Waals surface area contributed by atoms with Crippen molar-refractivity contribution in [2.75, 3.05) is 0 Å². The van der Waals surface area contributed by atoms with Gasteiger partial charge < -0.3 is 14.4 Å². The van der Waals surface area contributed by atoms with Crippen molar-refractivity contribution in [2.45, 2.75) is 57.8 Å². The number of carbonyl (C=O) groups excluding carboxylic acids is 1. The second kappa shape index (κ2) is 9.06. The average molecular weight is 422 g/mol. The van der Waals surface area contributed by atoms with Gasteiger partial charge in [-0.25, -0.2) is 4.39 Å². The van der Waals surface area contributed by atoms with Crippen molar-refractivity contribution in [1.82, 2.24) is 4.57 Å². The molecule has 5 heteroatoms. The number of rotatable bonds is 6. The van der Waals surface area contributed by atoms with Gasteiger partial charge in [0.25, 0.3) is 0 Å². The smallest absolute Gasteiger partial charge is 0.308 e. The minimum Gasteiger partial charge on any atom is -0.462 e. The molecule has 31 heavy (non-hydrogen) atoms. The summed E-state index contributed by atoms with van der Waals surface area (Å²) < 4.78 is 23.1. The zero-order valence-corrected chi connectivity index (χ0v) is 17.9. The summed E-state index contributed by atoms with van der Waals surface area (Å²) in [6, 6.07) is 19.0. The molecular formula is C26H28FNO3. The molecule has 4 nitrogen and oxygen atoms in total. The van der Waals surface area contributed by atoms with Gasteiger partial charge in [-0.2, -0.15) is 0 Å². The van der Waals surface area contributed by atoms with Gasteiger partial charge >= 0.3 is 5.97 Å². The normalized spacial score (nSPS) is 18.9. The highest BCUT2D eigenvalue weighted by atomic mass is 19.1. The molecule has 1 saturated heterocycles. The predicted molar refractivity (Wildman–Crippen MR) is 119 cm³/mol. The summed E-state index contributed by atoms with van der Waals surface area (Å²) in [5, 5.41) is 9.90. The average Bonchev–Trinajstić information content (AvgIpc) is 3.16. The Bertz CT molecular complexity index is 1060. The van der Waals surface area contributed by atoms with Crippen molar-refractivity contribution < 1.29 is 19.0 Å². The molecule has 0 amide bonds. The number of halogens is 1. The van der Waals surface area contributed by atoms with E-state index < -0.39 is 6.10 Å². The Kier molecular flexibility index (Phi) is 6.23. The molecule has 2 heterocycles. The lowest BCUT2D eigenvalue weighted by molar-refractivity contribution is -0.160. The van der Waals surface area contributed by atoms with Crippen molar-refractivity contribution in [3.8, 4) is 22.4 Å². The fourth-order valence-corrected chi connectivity index (χ4v) is 4.35. The molecule has 0 saturated carbocycles. The second-order valence-electron chi connectivity index (χ2n) is 8.48. The van der Waals surface area contributed by atoms with Gasteiger partial charge in [-0.05, 0) is 29.7 Å². The van der Waals surface area contributed by atoms with Crippen molar-refractivity contribution in [2.24, 2.45) is 0 Å². The molecule has 0 spiro atoms. The van der Waals surface area contributed by atoms with E-state index in [2.05, 4.69) is 18.4 Å². The van der Waals surface area contributed by atoms with Crippen LogP contribution in [0, 0.1) is 5.82 Å². The Morgan fingerprint density at radius 3 is 2.52 bits per heavy atom. The van der Waals surface area contributed by atoms with Crippen LogP contribution in [0.3, 0.4) is 0 Å². The van der Waals surface area contributed by atoms with Gasteiger partial charge in [0, 0.05) is 36.2 Å². The number of nitrogens with zero attached hydrogens (tertiary/aromatic N) is 1. The van der Waals surface area contributed by atoms with Crippen molar-refractivity contribution >= 4 is 5.97 Å². The minimum atomic E-state index is -0.653. The Morgan fingerprint density at radius 2 is 1.81 bits per heavy atom. The number of aromatic nitrogens is 1. The van der Waals surface area contributed by atoms with Gasteiger partial charge in [0.2, 0.25) is 0 Å². The third kappa shape index (κ3) is 4.57. The number of cyclic esters (lactones) is 1. The van der Waals surface area contributed by atoms with Crippen LogP contribution in [0.1, 0.15) is 44.7 Å². The molecule has 3 aromatic rings. The van der Waals surface area contributed by atoms with Crippen molar-refractivity contribution in [3.63, 3.8) is 0 Å². The third-order valence-electron chi connectivity index (χ3n) is 5.88. The molecule has 1 aliphatic rings. The van der Waals surface area contributed by atoms with Crippen LogP contribution in [-0.2, 0) is 16.1 Å². The quantitative estimate of drug-likeness (QED) is 0.532. The molecular weight excluding hydrogens is 393 g/mol. The maximum atomic E-state index is 15.6. The van der Waals surface area contributed by atoms with E-state index in [1.807, 2.05) is 54.6 Å². The second-order valence-corrected chi connectivity index (χ2v) is 8.48. The summed E-state index contributed by atoms with van der Waals surface area (Å²) >= 11 is 0. The van der Waals surface area contributed by atoms with E-state index in [1.165, 1.54) is 0 Å². The predicted octanol–water partition coefficient (Wildman–Crippen LogP) is 5.54. The SMILES string of the molecule is CC(C)c1ccc(-c2cccc(-c3ccccc3)c2F)n1CC[C@@H]1C[C@@H](O)CC(=O)O1. The van der Waals surface area contributed by atoms with E-state index in [-0.39, 0.29) is 30.2 Å². The van der Waals surface area contributed by atoms with E-state index in [1.54, 1.807) is 6.07 Å². The number of aliphatic hydroxyl groups excluding tert-OH is 1. The number of hydrogen-bond donors (Lipinski definition) is 1. The lowest BCUT2D eigenvalue weighted by atomic mass is 10.0. The maximum Gasteiger partial charge on any atom is 0.308 e. The minimum absolute atomic E-state index is 0.0556. The van der Waals surface area contributed by atoms with Gasteiger partial charge in [-0.1, -0.05) is 56.3 Å².